The molecule has 10 heteroatoms. The summed E-state index contributed by atoms with van der Waals surface area (Å²) in [6.45, 7) is 5.96. The van der Waals surface area contributed by atoms with Crippen LogP contribution in [-0.4, -0.2) is 31.3 Å². The normalized spacial score (nSPS) is 12.3. The highest BCUT2D eigenvalue weighted by molar-refractivity contribution is 8.00. The second-order valence-corrected chi connectivity index (χ2v) is 7.28. The molecule has 5 N–H and O–H groups in total. The molecule has 1 atom stereocenters. The van der Waals surface area contributed by atoms with Gasteiger partial charge in [-0.25, -0.2) is 9.97 Å². The van der Waals surface area contributed by atoms with E-state index in [1.54, 1.807) is 0 Å². The molecule has 0 fully saturated rings. The van der Waals surface area contributed by atoms with Crippen molar-refractivity contribution in [3.8, 4) is 0 Å². The van der Waals surface area contributed by atoms with Gasteiger partial charge in [-0.05, 0) is 6.42 Å². The van der Waals surface area contributed by atoms with E-state index in [0.29, 0.717) is 16.7 Å². The molecule has 2 aromatic rings. The molecule has 0 unspecified atom stereocenters. The molecule has 0 saturated heterocycles. The first kappa shape index (κ1) is 17.4. The van der Waals surface area contributed by atoms with Crippen LogP contribution < -0.4 is 16.8 Å². The summed E-state index contributed by atoms with van der Waals surface area (Å²) in [5.74, 6) is 0.661. The van der Waals surface area contributed by atoms with Crippen molar-refractivity contribution in [2.45, 2.75) is 43.5 Å². The van der Waals surface area contributed by atoms with Gasteiger partial charge in [0.25, 0.3) is 0 Å². The molecule has 1 amide bonds. The molecule has 0 radical (unpaired) electrons. The molecule has 23 heavy (non-hydrogen) atoms. The molecule has 0 spiro atoms. The average Bonchev–Trinajstić information content (AvgIpc) is 2.92. The largest absolute Gasteiger partial charge is 0.383 e. The van der Waals surface area contributed by atoms with Crippen LogP contribution in [0.1, 0.15) is 38.1 Å². The third kappa shape index (κ3) is 4.76. The van der Waals surface area contributed by atoms with E-state index in [1.165, 1.54) is 29.2 Å². The first-order valence-corrected chi connectivity index (χ1v) is 8.79. The lowest BCUT2D eigenvalue weighted by molar-refractivity contribution is -0.115. The van der Waals surface area contributed by atoms with Crippen LogP contribution in [0, 0.1) is 0 Å². The van der Waals surface area contributed by atoms with Gasteiger partial charge in [-0.2, -0.15) is 0 Å². The Bertz CT molecular complexity index is 668. The molecule has 8 nitrogen and oxygen atoms in total. The standard InChI is InChI=1S/C13H19N7OS2/c1-4-7(22-12-16-8(14)5-9(15)17-12)10(21)18-13-20-19-11(23-13)6(2)3/h5-7H,4H2,1-3H3,(H,18,20,21)(H4,14,15,16,17)/t7-/m0/s1. The first-order chi connectivity index (χ1) is 10.9. The van der Waals surface area contributed by atoms with E-state index < -0.39 is 0 Å². The molecule has 124 valence electrons. The maximum Gasteiger partial charge on any atom is 0.239 e. The molecule has 2 rings (SSSR count). The van der Waals surface area contributed by atoms with Crippen molar-refractivity contribution in [2.75, 3.05) is 16.8 Å². The summed E-state index contributed by atoms with van der Waals surface area (Å²) in [6.07, 6.45) is 0.602. The lowest BCUT2D eigenvalue weighted by atomic mass is 10.2. The maximum absolute atomic E-state index is 12.4. The maximum atomic E-state index is 12.4. The molecule has 0 aliphatic carbocycles. The molecule has 2 heterocycles. The van der Waals surface area contributed by atoms with Gasteiger partial charge in [0.2, 0.25) is 11.0 Å². The minimum Gasteiger partial charge on any atom is -0.383 e. The molecular weight excluding hydrogens is 334 g/mol. The topological polar surface area (TPSA) is 133 Å². The zero-order valence-corrected chi connectivity index (χ0v) is 14.7. The molecule has 0 aromatic carbocycles. The van der Waals surface area contributed by atoms with Gasteiger partial charge in [0.15, 0.2) is 5.16 Å². The zero-order valence-electron chi connectivity index (χ0n) is 13.1. The summed E-state index contributed by atoms with van der Waals surface area (Å²) < 4.78 is 0. The lowest BCUT2D eigenvalue weighted by Crippen LogP contribution is -2.24. The molecule has 0 bridgehead atoms. The number of thioether (sulfide) groups is 1. The number of anilines is 3. The Morgan fingerprint density at radius 1 is 1.30 bits per heavy atom. The molecule has 2 aromatic heterocycles. The Morgan fingerprint density at radius 3 is 2.48 bits per heavy atom. The van der Waals surface area contributed by atoms with E-state index in [-0.39, 0.29) is 28.7 Å². The lowest BCUT2D eigenvalue weighted by Gasteiger charge is -2.12. The van der Waals surface area contributed by atoms with Gasteiger partial charge in [-0.3, -0.25) is 10.1 Å². The summed E-state index contributed by atoms with van der Waals surface area (Å²) in [5, 5.41) is 12.2. The number of carbonyl (C=O) groups excluding carboxylic acids is 1. The summed E-state index contributed by atoms with van der Waals surface area (Å²) in [4.78, 5) is 20.6. The van der Waals surface area contributed by atoms with E-state index in [0.717, 1.165) is 5.01 Å². The second kappa shape index (κ2) is 7.55. The average molecular weight is 353 g/mol. The monoisotopic (exact) mass is 353 g/mol. The van der Waals surface area contributed by atoms with Crippen LogP contribution in [0.5, 0.6) is 0 Å². The van der Waals surface area contributed by atoms with Crippen molar-refractivity contribution in [1.29, 1.82) is 0 Å². The Balaban J connectivity index is 2.05. The predicted octanol–water partition coefficient (Wildman–Crippen LogP) is 2.13. The fourth-order valence-electron chi connectivity index (χ4n) is 1.67. The van der Waals surface area contributed by atoms with Crippen LogP contribution in [0.3, 0.4) is 0 Å². The molecular formula is C13H19N7OS2. The van der Waals surface area contributed by atoms with E-state index in [9.17, 15) is 4.79 Å². The molecule has 0 aliphatic rings. The number of carbonyl (C=O) groups is 1. The Morgan fingerprint density at radius 2 is 1.96 bits per heavy atom. The number of aromatic nitrogens is 4. The fourth-order valence-corrected chi connectivity index (χ4v) is 3.32. The molecule has 0 aliphatic heterocycles. The van der Waals surface area contributed by atoms with Crippen molar-refractivity contribution >= 4 is 45.8 Å². The third-order valence-corrected chi connectivity index (χ3v) is 5.19. The van der Waals surface area contributed by atoms with Gasteiger partial charge in [0, 0.05) is 12.0 Å². The van der Waals surface area contributed by atoms with Crippen molar-refractivity contribution in [3.63, 3.8) is 0 Å². The van der Waals surface area contributed by atoms with Gasteiger partial charge in [-0.1, -0.05) is 43.9 Å². The van der Waals surface area contributed by atoms with E-state index in [1.807, 2.05) is 20.8 Å². The number of nitrogens with zero attached hydrogens (tertiary/aromatic N) is 4. The fraction of sp³-hybridized carbons (Fsp3) is 0.462. The number of amides is 1. The van der Waals surface area contributed by atoms with E-state index in [2.05, 4.69) is 25.5 Å². The van der Waals surface area contributed by atoms with Gasteiger partial charge < -0.3 is 11.5 Å². The van der Waals surface area contributed by atoms with E-state index in [4.69, 9.17) is 11.5 Å². The highest BCUT2D eigenvalue weighted by Gasteiger charge is 2.21. The Hall–Kier alpha value is -1.94. The third-order valence-electron chi connectivity index (χ3n) is 2.82. The zero-order chi connectivity index (χ0) is 17.0. The SMILES string of the molecule is CC[C@H](Sc1nc(N)cc(N)n1)C(=O)Nc1nnc(C(C)C)s1. The van der Waals surface area contributed by atoms with Crippen LogP contribution in [0.25, 0.3) is 0 Å². The van der Waals surface area contributed by atoms with Crippen LogP contribution >= 0.6 is 23.1 Å². The number of rotatable bonds is 6. The highest BCUT2D eigenvalue weighted by Crippen LogP contribution is 2.27. The summed E-state index contributed by atoms with van der Waals surface area (Å²) >= 11 is 2.59. The second-order valence-electron chi connectivity index (χ2n) is 5.10. The van der Waals surface area contributed by atoms with Crippen molar-refractivity contribution in [2.24, 2.45) is 0 Å². The van der Waals surface area contributed by atoms with Crippen molar-refractivity contribution in [1.82, 2.24) is 20.2 Å². The first-order valence-electron chi connectivity index (χ1n) is 7.10. The number of hydrogen-bond donors (Lipinski definition) is 3. The van der Waals surface area contributed by atoms with Crippen molar-refractivity contribution in [3.05, 3.63) is 11.1 Å². The minimum absolute atomic E-state index is 0.173. The Kier molecular flexibility index (Phi) is 5.72. The number of nitrogen functional groups attached to an aromatic ring is 2. The number of nitrogens with one attached hydrogen (secondary N) is 1. The predicted molar refractivity (Wildman–Crippen MR) is 93.4 cm³/mol. The van der Waals surface area contributed by atoms with Crippen molar-refractivity contribution < 1.29 is 4.79 Å². The van der Waals surface area contributed by atoms with Crippen LogP contribution in [0.4, 0.5) is 16.8 Å². The highest BCUT2D eigenvalue weighted by atomic mass is 32.2. The van der Waals surface area contributed by atoms with Gasteiger partial charge in [0.05, 0.1) is 5.25 Å². The van der Waals surface area contributed by atoms with Crippen LogP contribution in [0.2, 0.25) is 0 Å². The summed E-state index contributed by atoms with van der Waals surface area (Å²) in [7, 11) is 0. The Labute approximate surface area is 142 Å². The van der Waals surface area contributed by atoms with Crippen LogP contribution in [-0.2, 0) is 4.79 Å². The van der Waals surface area contributed by atoms with Gasteiger partial charge in [0.1, 0.15) is 16.6 Å². The van der Waals surface area contributed by atoms with Gasteiger partial charge >= 0.3 is 0 Å². The minimum atomic E-state index is -0.373. The van der Waals surface area contributed by atoms with E-state index >= 15 is 0 Å². The molecule has 0 saturated carbocycles. The van der Waals surface area contributed by atoms with Crippen LogP contribution in [0.15, 0.2) is 11.2 Å². The summed E-state index contributed by atoms with van der Waals surface area (Å²) in [6, 6.07) is 1.47. The van der Waals surface area contributed by atoms with Gasteiger partial charge in [-0.15, -0.1) is 10.2 Å². The summed E-state index contributed by atoms with van der Waals surface area (Å²) in [5.41, 5.74) is 11.3. The number of nitrogens with two attached hydrogens (primary N) is 2. The smallest absolute Gasteiger partial charge is 0.239 e. The quantitative estimate of drug-likeness (QED) is 0.531. The number of hydrogen-bond acceptors (Lipinski definition) is 9.